The van der Waals surface area contributed by atoms with Gasteiger partial charge in [0.25, 0.3) is 0 Å². The number of hydrogen-bond acceptors (Lipinski definition) is 1. The quantitative estimate of drug-likeness (QED) is 0.797. The number of nitrogens with one attached hydrogen (secondary N) is 1. The zero-order valence-electron chi connectivity index (χ0n) is 13.0. The van der Waals surface area contributed by atoms with E-state index >= 15 is 0 Å². The topological polar surface area (TPSA) is 12.0 Å². The second kappa shape index (κ2) is 6.30. The Kier molecular flexibility index (Phi) is 4.45. The van der Waals surface area contributed by atoms with Gasteiger partial charge in [-0.1, -0.05) is 43.7 Å². The Bertz CT molecular complexity index is 413. The van der Waals surface area contributed by atoms with E-state index in [1.807, 2.05) is 0 Å². The minimum Gasteiger partial charge on any atom is -0.316 e. The summed E-state index contributed by atoms with van der Waals surface area (Å²) in [7, 11) is 2.16. The van der Waals surface area contributed by atoms with E-state index in [0.717, 1.165) is 17.8 Å². The summed E-state index contributed by atoms with van der Waals surface area (Å²) in [5, 5.41) is 3.64. The van der Waals surface area contributed by atoms with Gasteiger partial charge in [-0.2, -0.15) is 0 Å². The molecule has 2 saturated carbocycles. The monoisotopic (exact) mass is 271 g/mol. The van der Waals surface area contributed by atoms with Crippen molar-refractivity contribution in [2.45, 2.75) is 57.4 Å². The van der Waals surface area contributed by atoms with Gasteiger partial charge >= 0.3 is 0 Å². The summed E-state index contributed by atoms with van der Waals surface area (Å²) in [6.45, 7) is 2.34. The first-order chi connectivity index (χ1) is 9.81. The molecule has 3 rings (SSSR count). The second-order valence-electron chi connectivity index (χ2n) is 6.99. The van der Waals surface area contributed by atoms with Crippen molar-refractivity contribution in [1.82, 2.24) is 5.32 Å². The summed E-state index contributed by atoms with van der Waals surface area (Å²) in [5.74, 6) is 3.77. The molecule has 2 aliphatic rings. The van der Waals surface area contributed by atoms with E-state index < -0.39 is 0 Å². The minimum atomic E-state index is 0.645. The van der Waals surface area contributed by atoms with Crippen molar-refractivity contribution >= 4 is 0 Å². The third-order valence-electron chi connectivity index (χ3n) is 5.97. The first kappa shape index (κ1) is 14.1. The molecule has 2 fully saturated rings. The lowest BCUT2D eigenvalue weighted by atomic mass is 9.78. The molecule has 0 spiro atoms. The van der Waals surface area contributed by atoms with Gasteiger partial charge in [0.05, 0.1) is 0 Å². The number of fused-ring (bicyclic) bond motifs is 2. The first-order valence-electron chi connectivity index (χ1n) is 8.54. The molecule has 1 nitrogen and oxygen atoms in total. The van der Waals surface area contributed by atoms with Crippen molar-refractivity contribution in [2.75, 3.05) is 7.05 Å². The molecule has 0 aromatic heterocycles. The second-order valence-corrected chi connectivity index (χ2v) is 6.99. The van der Waals surface area contributed by atoms with Gasteiger partial charge in [-0.25, -0.2) is 0 Å². The standard InChI is InChI=1S/C19H29N/c1-3-18(15-7-5-4-6-8-15)19(20-2)13-17-12-14-9-10-16(17)11-14/h4-8,14,16-20H,3,9-13H2,1-2H3. The van der Waals surface area contributed by atoms with E-state index in [1.54, 1.807) is 0 Å². The average Bonchev–Trinajstić information content (AvgIpc) is 3.10. The molecule has 2 aliphatic carbocycles. The van der Waals surface area contributed by atoms with Gasteiger partial charge in [-0.05, 0) is 68.4 Å². The van der Waals surface area contributed by atoms with Crippen LogP contribution in [0.1, 0.15) is 56.9 Å². The molecule has 1 N–H and O–H groups in total. The van der Waals surface area contributed by atoms with Crippen LogP contribution in [0.3, 0.4) is 0 Å². The normalized spacial score (nSPS) is 31.4. The maximum Gasteiger partial charge on any atom is 0.0135 e. The van der Waals surface area contributed by atoms with Crippen LogP contribution in [0.4, 0.5) is 0 Å². The highest BCUT2D eigenvalue weighted by Crippen LogP contribution is 2.50. The fourth-order valence-corrected chi connectivity index (χ4v) is 4.93. The lowest BCUT2D eigenvalue weighted by Gasteiger charge is -2.32. The molecule has 1 heteroatoms. The lowest BCUT2D eigenvalue weighted by Crippen LogP contribution is -2.35. The van der Waals surface area contributed by atoms with E-state index in [0.29, 0.717) is 12.0 Å². The lowest BCUT2D eigenvalue weighted by molar-refractivity contribution is 0.264. The van der Waals surface area contributed by atoms with Crippen LogP contribution in [0, 0.1) is 17.8 Å². The van der Waals surface area contributed by atoms with Crippen LogP contribution in [-0.2, 0) is 0 Å². The Morgan fingerprint density at radius 3 is 2.50 bits per heavy atom. The average molecular weight is 271 g/mol. The van der Waals surface area contributed by atoms with Gasteiger partial charge in [0.1, 0.15) is 0 Å². The van der Waals surface area contributed by atoms with Crippen LogP contribution in [0.25, 0.3) is 0 Å². The van der Waals surface area contributed by atoms with Crippen LogP contribution in [0.5, 0.6) is 0 Å². The van der Waals surface area contributed by atoms with Gasteiger partial charge in [-0.15, -0.1) is 0 Å². The summed E-state index contributed by atoms with van der Waals surface area (Å²) in [6.07, 6.45) is 8.67. The molecule has 1 aromatic rings. The molecule has 20 heavy (non-hydrogen) atoms. The number of rotatable bonds is 6. The van der Waals surface area contributed by atoms with Crippen LogP contribution in [-0.4, -0.2) is 13.1 Å². The first-order valence-corrected chi connectivity index (χ1v) is 8.54. The van der Waals surface area contributed by atoms with Gasteiger partial charge in [0.15, 0.2) is 0 Å². The molecule has 1 aromatic carbocycles. The highest BCUT2D eigenvalue weighted by Gasteiger charge is 2.40. The van der Waals surface area contributed by atoms with Crippen LogP contribution < -0.4 is 5.32 Å². The SMILES string of the molecule is CCC(c1ccccc1)C(CC1CC2CCC1C2)NC. The van der Waals surface area contributed by atoms with E-state index in [-0.39, 0.29) is 0 Å². The molecule has 110 valence electrons. The highest BCUT2D eigenvalue weighted by atomic mass is 14.9. The summed E-state index contributed by atoms with van der Waals surface area (Å²) in [6, 6.07) is 11.7. The molecule has 5 atom stereocenters. The van der Waals surface area contributed by atoms with Crippen LogP contribution in [0.15, 0.2) is 30.3 Å². The van der Waals surface area contributed by atoms with Gasteiger partial charge in [0, 0.05) is 6.04 Å². The fourth-order valence-electron chi connectivity index (χ4n) is 4.93. The smallest absolute Gasteiger partial charge is 0.0135 e. The zero-order valence-corrected chi connectivity index (χ0v) is 13.0. The van der Waals surface area contributed by atoms with Crippen molar-refractivity contribution in [3.05, 3.63) is 35.9 Å². The van der Waals surface area contributed by atoms with E-state index in [2.05, 4.69) is 49.6 Å². The maximum absolute atomic E-state index is 3.64. The summed E-state index contributed by atoms with van der Waals surface area (Å²) < 4.78 is 0. The summed E-state index contributed by atoms with van der Waals surface area (Å²) in [4.78, 5) is 0. The molecule has 2 bridgehead atoms. The molecule has 0 aliphatic heterocycles. The predicted molar refractivity (Wildman–Crippen MR) is 85.9 cm³/mol. The number of hydrogen-bond donors (Lipinski definition) is 1. The summed E-state index contributed by atoms with van der Waals surface area (Å²) in [5.41, 5.74) is 1.51. The molecule has 0 amide bonds. The Labute approximate surface area is 124 Å². The molecule has 5 unspecified atom stereocenters. The van der Waals surface area contributed by atoms with Crippen molar-refractivity contribution in [3.8, 4) is 0 Å². The molecular weight excluding hydrogens is 242 g/mol. The Morgan fingerprint density at radius 1 is 1.15 bits per heavy atom. The largest absolute Gasteiger partial charge is 0.316 e. The Balaban J connectivity index is 1.68. The molecule has 0 radical (unpaired) electrons. The fraction of sp³-hybridized carbons (Fsp3) is 0.684. The number of benzene rings is 1. The Morgan fingerprint density at radius 2 is 1.95 bits per heavy atom. The Hall–Kier alpha value is -0.820. The molecule has 0 saturated heterocycles. The van der Waals surface area contributed by atoms with Crippen LogP contribution >= 0.6 is 0 Å². The summed E-state index contributed by atoms with van der Waals surface area (Å²) >= 11 is 0. The van der Waals surface area contributed by atoms with Crippen LogP contribution in [0.2, 0.25) is 0 Å². The van der Waals surface area contributed by atoms with E-state index in [4.69, 9.17) is 0 Å². The van der Waals surface area contributed by atoms with Gasteiger partial charge in [0.2, 0.25) is 0 Å². The van der Waals surface area contributed by atoms with Gasteiger partial charge in [-0.3, -0.25) is 0 Å². The molecule has 0 heterocycles. The van der Waals surface area contributed by atoms with Crippen molar-refractivity contribution < 1.29 is 0 Å². The van der Waals surface area contributed by atoms with Gasteiger partial charge < -0.3 is 5.32 Å². The minimum absolute atomic E-state index is 0.645. The van der Waals surface area contributed by atoms with Crippen molar-refractivity contribution in [3.63, 3.8) is 0 Å². The third-order valence-corrected chi connectivity index (χ3v) is 5.97. The van der Waals surface area contributed by atoms with Crippen molar-refractivity contribution in [1.29, 1.82) is 0 Å². The number of likely N-dealkylation sites (N-methyl/N-ethyl adjacent to an activating group) is 1. The van der Waals surface area contributed by atoms with Crippen molar-refractivity contribution in [2.24, 2.45) is 17.8 Å². The zero-order chi connectivity index (χ0) is 13.9. The van der Waals surface area contributed by atoms with E-state index in [9.17, 15) is 0 Å². The van der Waals surface area contributed by atoms with E-state index in [1.165, 1.54) is 44.1 Å². The predicted octanol–water partition coefficient (Wildman–Crippen LogP) is 4.59. The molecular formula is C19H29N. The maximum atomic E-state index is 3.64. The highest BCUT2D eigenvalue weighted by molar-refractivity contribution is 5.21. The third kappa shape index (κ3) is 2.79.